The molecule has 0 heterocycles. The highest BCUT2D eigenvalue weighted by Gasteiger charge is 2.19. The number of rotatable bonds is 3. The largest absolute Gasteiger partial charge is 0.467 e. The average Bonchev–Trinajstić information content (AvgIpc) is 2.00. The van der Waals surface area contributed by atoms with Crippen molar-refractivity contribution < 1.29 is 14.6 Å². The van der Waals surface area contributed by atoms with E-state index < -0.39 is 12.1 Å². The molecule has 2 atom stereocenters. The Hall–Kier alpha value is -0.830. The first kappa shape index (κ1) is 9.17. The van der Waals surface area contributed by atoms with Crippen molar-refractivity contribution in [3.63, 3.8) is 0 Å². The van der Waals surface area contributed by atoms with Gasteiger partial charge in [-0.15, -0.1) is 6.58 Å². The van der Waals surface area contributed by atoms with Gasteiger partial charge in [0, 0.05) is 5.92 Å². The van der Waals surface area contributed by atoms with E-state index in [-0.39, 0.29) is 5.92 Å². The summed E-state index contributed by atoms with van der Waals surface area (Å²) in [5.74, 6) is -0.875. The van der Waals surface area contributed by atoms with E-state index in [4.69, 9.17) is 5.11 Å². The molecule has 0 rings (SSSR count). The number of carbonyl (C=O) groups excluding carboxylic acids is 1. The number of carbonyl (C=O) groups is 1. The lowest BCUT2D eigenvalue weighted by Crippen LogP contribution is -2.27. The van der Waals surface area contributed by atoms with Crippen LogP contribution >= 0.6 is 0 Å². The SMILES string of the molecule is C=C[C@H](C)[C@H](O)C(=O)OC. The highest BCUT2D eigenvalue weighted by Crippen LogP contribution is 2.04. The van der Waals surface area contributed by atoms with Gasteiger partial charge >= 0.3 is 5.97 Å². The third-order valence-corrected chi connectivity index (χ3v) is 1.31. The number of hydrogen-bond donors (Lipinski definition) is 1. The summed E-state index contributed by atoms with van der Waals surface area (Å²) >= 11 is 0. The van der Waals surface area contributed by atoms with E-state index in [1.165, 1.54) is 13.2 Å². The Morgan fingerprint density at radius 1 is 1.80 bits per heavy atom. The molecule has 0 amide bonds. The highest BCUT2D eigenvalue weighted by atomic mass is 16.5. The van der Waals surface area contributed by atoms with Crippen molar-refractivity contribution in [3.05, 3.63) is 12.7 Å². The maximum atomic E-state index is 10.6. The molecule has 58 valence electrons. The number of aliphatic hydroxyl groups is 1. The summed E-state index contributed by atoms with van der Waals surface area (Å²) in [6.45, 7) is 5.12. The Bertz CT molecular complexity index is 131. The fraction of sp³-hybridized carbons (Fsp3) is 0.571. The molecule has 10 heavy (non-hydrogen) atoms. The van der Waals surface area contributed by atoms with Crippen LogP contribution in [0, 0.1) is 5.92 Å². The van der Waals surface area contributed by atoms with Crippen molar-refractivity contribution in [1.82, 2.24) is 0 Å². The molecule has 0 aromatic rings. The smallest absolute Gasteiger partial charge is 0.335 e. The van der Waals surface area contributed by atoms with Gasteiger partial charge in [0.1, 0.15) is 0 Å². The quantitative estimate of drug-likeness (QED) is 0.459. The molecule has 0 aromatic heterocycles. The number of aliphatic hydroxyl groups excluding tert-OH is 1. The maximum absolute atomic E-state index is 10.6. The van der Waals surface area contributed by atoms with Gasteiger partial charge in [-0.1, -0.05) is 13.0 Å². The van der Waals surface area contributed by atoms with E-state index in [9.17, 15) is 4.79 Å². The summed E-state index contributed by atoms with van der Waals surface area (Å²) in [7, 11) is 1.24. The van der Waals surface area contributed by atoms with Gasteiger partial charge in [0.2, 0.25) is 0 Å². The third kappa shape index (κ3) is 2.19. The number of ether oxygens (including phenoxy) is 1. The number of methoxy groups -OCH3 is 1. The Morgan fingerprint density at radius 2 is 2.30 bits per heavy atom. The summed E-state index contributed by atoms with van der Waals surface area (Å²) < 4.78 is 4.30. The molecule has 3 heteroatoms. The monoisotopic (exact) mass is 144 g/mol. The Morgan fingerprint density at radius 3 is 2.60 bits per heavy atom. The summed E-state index contributed by atoms with van der Waals surface area (Å²) in [6, 6.07) is 0. The zero-order valence-electron chi connectivity index (χ0n) is 6.20. The second-order valence-electron chi connectivity index (χ2n) is 2.06. The van der Waals surface area contributed by atoms with Crippen LogP contribution < -0.4 is 0 Å². The van der Waals surface area contributed by atoms with Crippen LogP contribution in [0.15, 0.2) is 12.7 Å². The van der Waals surface area contributed by atoms with Crippen LogP contribution in [0.2, 0.25) is 0 Å². The minimum Gasteiger partial charge on any atom is -0.467 e. The molecule has 0 aliphatic rings. The molecule has 0 spiro atoms. The van der Waals surface area contributed by atoms with Gasteiger partial charge in [-0.2, -0.15) is 0 Å². The first-order chi connectivity index (χ1) is 4.63. The summed E-state index contributed by atoms with van der Waals surface area (Å²) in [6.07, 6.45) is 0.421. The predicted octanol–water partition coefficient (Wildman–Crippen LogP) is 0.342. The van der Waals surface area contributed by atoms with Crippen molar-refractivity contribution in [1.29, 1.82) is 0 Å². The van der Waals surface area contributed by atoms with E-state index in [1.54, 1.807) is 6.92 Å². The number of esters is 1. The van der Waals surface area contributed by atoms with Crippen LogP contribution in [0.1, 0.15) is 6.92 Å². The first-order valence-corrected chi connectivity index (χ1v) is 3.02. The molecule has 0 fully saturated rings. The molecule has 0 unspecified atom stereocenters. The normalized spacial score (nSPS) is 15.5. The molecule has 0 saturated heterocycles. The van der Waals surface area contributed by atoms with Crippen LogP contribution in [-0.4, -0.2) is 24.3 Å². The molecule has 0 bridgehead atoms. The van der Waals surface area contributed by atoms with Gasteiger partial charge < -0.3 is 9.84 Å². The molecular weight excluding hydrogens is 132 g/mol. The molecule has 0 radical (unpaired) electrons. The van der Waals surface area contributed by atoms with Gasteiger partial charge in [-0.25, -0.2) is 4.79 Å². The number of hydrogen-bond acceptors (Lipinski definition) is 3. The minimum atomic E-state index is -1.08. The van der Waals surface area contributed by atoms with Crippen LogP contribution in [-0.2, 0) is 9.53 Å². The van der Waals surface area contributed by atoms with Gasteiger partial charge in [-0.05, 0) is 0 Å². The lowest BCUT2D eigenvalue weighted by atomic mass is 10.1. The first-order valence-electron chi connectivity index (χ1n) is 3.02. The maximum Gasteiger partial charge on any atom is 0.335 e. The molecule has 3 nitrogen and oxygen atoms in total. The minimum absolute atomic E-state index is 0.257. The van der Waals surface area contributed by atoms with Crippen LogP contribution in [0.4, 0.5) is 0 Å². The van der Waals surface area contributed by atoms with Crippen molar-refractivity contribution in [2.24, 2.45) is 5.92 Å². The van der Waals surface area contributed by atoms with E-state index in [0.717, 1.165) is 0 Å². The summed E-state index contributed by atoms with van der Waals surface area (Å²) in [5, 5.41) is 9.04. The standard InChI is InChI=1S/C7H12O3/c1-4-5(2)6(8)7(9)10-3/h4-6,8H,1H2,2-3H3/t5-,6-/m0/s1. The fourth-order valence-corrected chi connectivity index (χ4v) is 0.464. The molecule has 1 N–H and O–H groups in total. The van der Waals surface area contributed by atoms with Crippen molar-refractivity contribution in [2.45, 2.75) is 13.0 Å². The van der Waals surface area contributed by atoms with Crippen molar-refractivity contribution in [2.75, 3.05) is 7.11 Å². The van der Waals surface area contributed by atoms with E-state index in [2.05, 4.69) is 11.3 Å². The summed E-state index contributed by atoms with van der Waals surface area (Å²) in [4.78, 5) is 10.6. The zero-order valence-corrected chi connectivity index (χ0v) is 6.20. The third-order valence-electron chi connectivity index (χ3n) is 1.31. The average molecular weight is 144 g/mol. The Kier molecular flexibility index (Phi) is 3.72. The van der Waals surface area contributed by atoms with E-state index >= 15 is 0 Å². The molecule has 0 saturated carbocycles. The summed E-state index contributed by atoms with van der Waals surface area (Å²) in [5.41, 5.74) is 0. The van der Waals surface area contributed by atoms with Gasteiger partial charge in [0.25, 0.3) is 0 Å². The van der Waals surface area contributed by atoms with Crippen molar-refractivity contribution >= 4 is 5.97 Å². The van der Waals surface area contributed by atoms with Gasteiger partial charge in [0.15, 0.2) is 6.10 Å². The lowest BCUT2D eigenvalue weighted by molar-refractivity contribution is -0.152. The lowest BCUT2D eigenvalue weighted by Gasteiger charge is -2.11. The van der Waals surface area contributed by atoms with Crippen molar-refractivity contribution in [3.8, 4) is 0 Å². The molecule has 0 aliphatic carbocycles. The Balaban J connectivity index is 3.93. The second kappa shape index (κ2) is 4.06. The van der Waals surface area contributed by atoms with Gasteiger partial charge in [0.05, 0.1) is 7.11 Å². The molecule has 0 aromatic carbocycles. The van der Waals surface area contributed by atoms with E-state index in [1.807, 2.05) is 0 Å². The molecular formula is C7H12O3. The highest BCUT2D eigenvalue weighted by molar-refractivity contribution is 5.74. The molecule has 0 aliphatic heterocycles. The van der Waals surface area contributed by atoms with Crippen LogP contribution in [0.3, 0.4) is 0 Å². The second-order valence-corrected chi connectivity index (χ2v) is 2.06. The topological polar surface area (TPSA) is 46.5 Å². The predicted molar refractivity (Wildman–Crippen MR) is 37.4 cm³/mol. The zero-order chi connectivity index (χ0) is 8.15. The van der Waals surface area contributed by atoms with E-state index in [0.29, 0.717) is 0 Å². The van der Waals surface area contributed by atoms with Crippen LogP contribution in [0.5, 0.6) is 0 Å². The fourth-order valence-electron chi connectivity index (χ4n) is 0.464. The van der Waals surface area contributed by atoms with Gasteiger partial charge in [-0.3, -0.25) is 0 Å². The Labute approximate surface area is 60.3 Å². The van der Waals surface area contributed by atoms with Crippen LogP contribution in [0.25, 0.3) is 0 Å².